The maximum absolute atomic E-state index is 13.6. The summed E-state index contributed by atoms with van der Waals surface area (Å²) in [5.41, 5.74) is 2.77. The van der Waals surface area contributed by atoms with Gasteiger partial charge >= 0.3 is 16.3 Å². The van der Waals surface area contributed by atoms with E-state index in [1.165, 1.54) is 18.1 Å². The Labute approximate surface area is 256 Å². The first-order valence-electron chi connectivity index (χ1n) is 14.4. The van der Waals surface area contributed by atoms with Crippen LogP contribution >= 0.6 is 11.6 Å². The van der Waals surface area contributed by atoms with Crippen molar-refractivity contribution in [3.63, 3.8) is 0 Å². The molecule has 2 aliphatic heterocycles. The molecule has 2 fully saturated rings. The number of nitrogens with zero attached hydrogens (tertiary/aromatic N) is 7. The van der Waals surface area contributed by atoms with E-state index in [-0.39, 0.29) is 23.8 Å². The monoisotopic (exact) mass is 628 g/mol. The van der Waals surface area contributed by atoms with Gasteiger partial charge in [0.15, 0.2) is 11.5 Å². The van der Waals surface area contributed by atoms with Gasteiger partial charge in [0.05, 0.1) is 16.2 Å². The topological polar surface area (TPSA) is 127 Å². The lowest BCUT2D eigenvalue weighted by molar-refractivity contribution is 0.0492. The molecule has 4 aromatic rings. The summed E-state index contributed by atoms with van der Waals surface area (Å²) < 4.78 is 36.6. The van der Waals surface area contributed by atoms with E-state index in [1.807, 2.05) is 53.1 Å². The minimum Gasteiger partial charge on any atom is -0.444 e. The zero-order chi connectivity index (χ0) is 31.0. The fraction of sp³-hybridized carbons (Fsp3) is 0.517. The minimum atomic E-state index is -3.94. The Hall–Kier alpha value is -3.42. The van der Waals surface area contributed by atoms with Crippen LogP contribution in [0.4, 0.5) is 10.6 Å². The molecule has 5 heterocycles. The predicted molar refractivity (Wildman–Crippen MR) is 167 cm³/mol. The smallest absolute Gasteiger partial charge is 0.407 e. The summed E-state index contributed by atoms with van der Waals surface area (Å²) in [6.45, 7) is 7.44. The number of hydrogen-bond donors (Lipinski definition) is 1. The Morgan fingerprint density at radius 3 is 2.40 bits per heavy atom. The standard InChI is InChI=1S/C29H37ClN8O4S/c1-16-26(38-18-8-9-19(38)13-17(12-18)32-28(39)42-29(2,3)4)33-27-25(31-16)21(15-37(27)43(40,41)35(5)6)20-10-11-23-22(24(20)30)14-36(7)34-23/h10-11,14-15,17-19H,8-9,12-13H2,1-7H3,(H,32,39)/t17-,18+,19-. The molecule has 0 radical (unpaired) electrons. The summed E-state index contributed by atoms with van der Waals surface area (Å²) in [5, 5.41) is 8.71. The number of piperidine rings is 1. The quantitative estimate of drug-likeness (QED) is 0.339. The van der Waals surface area contributed by atoms with Gasteiger partial charge in [0, 0.05) is 68.2 Å². The van der Waals surface area contributed by atoms with Gasteiger partial charge in [0.25, 0.3) is 0 Å². The van der Waals surface area contributed by atoms with Gasteiger partial charge in [-0.05, 0) is 59.4 Å². The lowest BCUT2D eigenvalue weighted by Crippen LogP contribution is -2.51. The van der Waals surface area contributed by atoms with Gasteiger partial charge in [-0.2, -0.15) is 17.8 Å². The van der Waals surface area contributed by atoms with Gasteiger partial charge in [-0.15, -0.1) is 0 Å². The van der Waals surface area contributed by atoms with Crippen molar-refractivity contribution in [1.29, 1.82) is 0 Å². The Morgan fingerprint density at radius 2 is 1.77 bits per heavy atom. The number of amides is 1. The van der Waals surface area contributed by atoms with E-state index in [9.17, 15) is 13.2 Å². The maximum Gasteiger partial charge on any atom is 0.407 e. The van der Waals surface area contributed by atoms with Crippen molar-refractivity contribution >= 4 is 55.8 Å². The fourth-order valence-corrected chi connectivity index (χ4v) is 7.62. The van der Waals surface area contributed by atoms with E-state index in [1.54, 1.807) is 10.9 Å². The highest BCUT2D eigenvalue weighted by Gasteiger charge is 2.43. The van der Waals surface area contributed by atoms with Crippen LogP contribution < -0.4 is 10.2 Å². The van der Waals surface area contributed by atoms with E-state index in [4.69, 9.17) is 26.3 Å². The van der Waals surface area contributed by atoms with Crippen LogP contribution in [0.25, 0.3) is 33.2 Å². The average Bonchev–Trinajstić information content (AvgIpc) is 3.54. The van der Waals surface area contributed by atoms with E-state index in [2.05, 4.69) is 15.3 Å². The number of anilines is 1. The molecule has 1 aromatic carbocycles. The molecule has 14 heteroatoms. The summed E-state index contributed by atoms with van der Waals surface area (Å²) in [5.74, 6) is 0.657. The lowest BCUT2D eigenvalue weighted by atomic mass is 9.97. The van der Waals surface area contributed by atoms with Crippen LogP contribution in [0.15, 0.2) is 24.5 Å². The molecule has 3 aromatic heterocycles. The molecule has 1 amide bonds. The van der Waals surface area contributed by atoms with E-state index >= 15 is 0 Å². The van der Waals surface area contributed by atoms with Crippen molar-refractivity contribution in [2.45, 2.75) is 77.1 Å². The number of nitrogens with one attached hydrogen (secondary N) is 1. The first-order chi connectivity index (χ1) is 20.1. The molecule has 3 atom stereocenters. The summed E-state index contributed by atoms with van der Waals surface area (Å²) in [6, 6.07) is 3.93. The Kier molecular flexibility index (Phi) is 7.13. The van der Waals surface area contributed by atoms with Gasteiger partial charge in [-0.25, -0.2) is 18.7 Å². The molecule has 2 bridgehead atoms. The van der Waals surface area contributed by atoms with Crippen molar-refractivity contribution in [2.75, 3.05) is 19.0 Å². The van der Waals surface area contributed by atoms with Crippen LogP contribution in [-0.2, 0) is 22.0 Å². The summed E-state index contributed by atoms with van der Waals surface area (Å²) >= 11 is 6.88. The van der Waals surface area contributed by atoms with E-state index in [0.717, 1.165) is 40.9 Å². The van der Waals surface area contributed by atoms with E-state index in [0.29, 0.717) is 33.2 Å². The Morgan fingerprint density at radius 1 is 1.09 bits per heavy atom. The SMILES string of the molecule is Cc1nc2c(-c3ccc4nn(C)cc4c3Cl)cn(S(=O)(=O)N(C)C)c2nc1N1[C@@H]2CC[C@H]1C[C@@H](NC(=O)OC(C)(C)C)C2. The van der Waals surface area contributed by atoms with Crippen LogP contribution in [0.1, 0.15) is 52.1 Å². The van der Waals surface area contributed by atoms with E-state index < -0.39 is 21.9 Å². The highest BCUT2D eigenvalue weighted by atomic mass is 35.5. The summed E-state index contributed by atoms with van der Waals surface area (Å²) in [7, 11) is 0.856. The predicted octanol–water partition coefficient (Wildman–Crippen LogP) is 4.63. The zero-order valence-corrected chi connectivity index (χ0v) is 27.0. The van der Waals surface area contributed by atoms with Crippen molar-refractivity contribution in [2.24, 2.45) is 7.05 Å². The maximum atomic E-state index is 13.6. The van der Waals surface area contributed by atoms with Crippen molar-refractivity contribution in [1.82, 2.24) is 33.3 Å². The number of benzene rings is 1. The number of rotatable bonds is 5. The second kappa shape index (κ2) is 10.3. The molecule has 2 aliphatic rings. The lowest BCUT2D eigenvalue weighted by Gasteiger charge is -2.40. The molecule has 6 rings (SSSR count). The van der Waals surface area contributed by atoms with Crippen LogP contribution in [0, 0.1) is 6.92 Å². The third-order valence-corrected chi connectivity index (χ3v) is 10.3. The average molecular weight is 629 g/mol. The first kappa shape index (κ1) is 29.6. The number of carbonyl (C=O) groups excluding carboxylic acids is 1. The summed E-state index contributed by atoms with van der Waals surface area (Å²) in [6.07, 6.45) is 6.33. The molecule has 1 N–H and O–H groups in total. The van der Waals surface area contributed by atoms with Crippen molar-refractivity contribution < 1.29 is 17.9 Å². The molecular weight excluding hydrogens is 592 g/mol. The highest BCUT2D eigenvalue weighted by Crippen LogP contribution is 2.42. The highest BCUT2D eigenvalue weighted by molar-refractivity contribution is 7.87. The number of fused-ring (bicyclic) bond motifs is 4. The fourth-order valence-electron chi connectivity index (χ4n) is 6.37. The largest absolute Gasteiger partial charge is 0.444 e. The number of aromatic nitrogens is 5. The molecule has 0 saturated carbocycles. The van der Waals surface area contributed by atoms with Crippen LogP contribution in [0.5, 0.6) is 0 Å². The molecular formula is C29H37ClN8O4S. The van der Waals surface area contributed by atoms with Crippen molar-refractivity contribution in [3.8, 4) is 11.1 Å². The Balaban J connectivity index is 1.42. The minimum absolute atomic E-state index is 0.0188. The first-order valence-corrected chi connectivity index (χ1v) is 16.1. The van der Waals surface area contributed by atoms with Gasteiger partial charge in [0.2, 0.25) is 0 Å². The zero-order valence-electron chi connectivity index (χ0n) is 25.4. The molecule has 2 saturated heterocycles. The third-order valence-electron chi connectivity index (χ3n) is 8.17. The molecule has 43 heavy (non-hydrogen) atoms. The van der Waals surface area contributed by atoms with Gasteiger partial charge in [-0.1, -0.05) is 17.7 Å². The Bertz CT molecular complexity index is 1850. The van der Waals surface area contributed by atoms with Crippen molar-refractivity contribution in [3.05, 3.63) is 35.2 Å². The normalized spacial score (nSPS) is 20.9. The third kappa shape index (κ3) is 5.21. The van der Waals surface area contributed by atoms with Crippen LogP contribution in [-0.4, -0.2) is 80.4 Å². The van der Waals surface area contributed by atoms with Crippen LogP contribution in [0.2, 0.25) is 5.02 Å². The number of halogens is 1. The van der Waals surface area contributed by atoms with Gasteiger partial charge in [-0.3, -0.25) is 4.68 Å². The summed E-state index contributed by atoms with van der Waals surface area (Å²) in [4.78, 5) is 24.7. The molecule has 0 aliphatic carbocycles. The number of alkyl carbamates (subject to hydrolysis) is 1. The number of aryl methyl sites for hydroxylation is 2. The second-order valence-electron chi connectivity index (χ2n) is 12.7. The molecule has 12 nitrogen and oxygen atoms in total. The number of carbonyl (C=O) groups is 1. The van der Waals surface area contributed by atoms with Gasteiger partial charge < -0.3 is 15.0 Å². The second-order valence-corrected chi connectivity index (χ2v) is 15.1. The number of hydrogen-bond acceptors (Lipinski definition) is 8. The molecule has 0 unspecified atom stereocenters. The van der Waals surface area contributed by atoms with Crippen LogP contribution in [0.3, 0.4) is 0 Å². The molecule has 230 valence electrons. The molecule has 0 spiro atoms. The van der Waals surface area contributed by atoms with Gasteiger partial charge in [0.1, 0.15) is 11.1 Å². The number of ether oxygens (including phenoxy) is 1.